The molecule has 0 aromatic heterocycles. The van der Waals surface area contributed by atoms with Crippen LogP contribution in [-0.4, -0.2) is 28.8 Å². The quantitative estimate of drug-likeness (QED) is 0.603. The van der Waals surface area contributed by atoms with Crippen molar-refractivity contribution >= 4 is 18.0 Å². The van der Waals surface area contributed by atoms with Crippen LogP contribution in [0.2, 0.25) is 0 Å². The summed E-state index contributed by atoms with van der Waals surface area (Å²) in [5.41, 5.74) is 7.77. The van der Waals surface area contributed by atoms with Crippen molar-refractivity contribution in [3.05, 3.63) is 107 Å². The van der Waals surface area contributed by atoms with E-state index < -0.39 is 6.04 Å². The van der Waals surface area contributed by atoms with Gasteiger partial charge in [-0.2, -0.15) is 0 Å². The maximum absolute atomic E-state index is 12.9. The highest BCUT2D eigenvalue weighted by Gasteiger charge is 2.47. The highest BCUT2D eigenvalue weighted by molar-refractivity contribution is 5.98. The summed E-state index contributed by atoms with van der Waals surface area (Å²) in [6, 6.07) is 24.2. The van der Waals surface area contributed by atoms with Gasteiger partial charge in [0.1, 0.15) is 0 Å². The summed E-state index contributed by atoms with van der Waals surface area (Å²) in [6.07, 6.45) is 1.92. The van der Waals surface area contributed by atoms with Gasteiger partial charge in [0.05, 0.1) is 0 Å². The first-order valence-electron chi connectivity index (χ1n) is 10.9. The maximum Gasteiger partial charge on any atom is 0.304 e. The lowest BCUT2D eigenvalue weighted by atomic mass is 9.98. The summed E-state index contributed by atoms with van der Waals surface area (Å²) in [5, 5.41) is 2.94. The summed E-state index contributed by atoms with van der Waals surface area (Å²) in [5.74, 6) is -0.0608. The Labute approximate surface area is 188 Å². The van der Waals surface area contributed by atoms with Crippen LogP contribution in [0.25, 0.3) is 0 Å². The van der Waals surface area contributed by atoms with Crippen LogP contribution in [0.1, 0.15) is 58.4 Å². The van der Waals surface area contributed by atoms with E-state index in [1.807, 2.05) is 67.7 Å². The van der Waals surface area contributed by atoms with Crippen molar-refractivity contribution in [2.75, 3.05) is 0 Å². The van der Waals surface area contributed by atoms with Crippen molar-refractivity contribution in [1.29, 1.82) is 0 Å². The number of hydrazone groups is 1. The van der Waals surface area contributed by atoms with Crippen LogP contribution >= 0.6 is 0 Å². The van der Waals surface area contributed by atoms with Gasteiger partial charge in [-0.1, -0.05) is 74.0 Å². The van der Waals surface area contributed by atoms with E-state index in [9.17, 15) is 9.59 Å². The molecular weight excluding hydrogens is 398 g/mol. The fraction of sp³-hybridized carbons (Fsp3) is 0.222. The molecule has 2 atom stereocenters. The van der Waals surface area contributed by atoms with Crippen LogP contribution in [0.15, 0.2) is 78.9 Å². The van der Waals surface area contributed by atoms with Gasteiger partial charge in [-0.05, 0) is 42.7 Å². The number of rotatable bonds is 5. The summed E-state index contributed by atoms with van der Waals surface area (Å²) < 4.78 is 1.80. The molecule has 162 valence electrons. The van der Waals surface area contributed by atoms with E-state index in [0.717, 1.165) is 16.7 Å². The number of carbonyl (C=O) groups excluding carboxylic acids is 2. The molecule has 0 spiro atoms. The predicted octanol–water partition coefficient (Wildman–Crippen LogP) is 4.13. The Morgan fingerprint density at radius 3 is 2.25 bits per heavy atom. The summed E-state index contributed by atoms with van der Waals surface area (Å²) in [7, 11) is 0. The Bertz CT molecular complexity index is 1130. The number of hydrogen-bond donors (Lipinski definition) is 2. The second-order valence-electron chi connectivity index (χ2n) is 8.51. The Hall–Kier alpha value is -3.73. The normalized spacial score (nSPS) is 19.2. The zero-order valence-electron chi connectivity index (χ0n) is 18.6. The first-order chi connectivity index (χ1) is 15.4. The van der Waals surface area contributed by atoms with Gasteiger partial charge in [0.15, 0.2) is 6.04 Å². The van der Waals surface area contributed by atoms with E-state index in [1.54, 1.807) is 16.8 Å². The molecular formula is C27H28N3O2+. The highest BCUT2D eigenvalue weighted by atomic mass is 16.2. The number of hydrogen-bond acceptors (Lipinski definition) is 2. The first-order valence-corrected chi connectivity index (χ1v) is 10.9. The fourth-order valence-electron chi connectivity index (χ4n) is 3.89. The van der Waals surface area contributed by atoms with Crippen LogP contribution in [0, 0.1) is 6.92 Å². The predicted molar refractivity (Wildman–Crippen MR) is 126 cm³/mol. The molecule has 32 heavy (non-hydrogen) atoms. The molecule has 1 aliphatic rings. The number of carbonyl (C=O) groups is 2. The average molecular weight is 427 g/mol. The van der Waals surface area contributed by atoms with Crippen molar-refractivity contribution in [3.8, 4) is 0 Å². The van der Waals surface area contributed by atoms with E-state index in [1.165, 1.54) is 5.56 Å². The Morgan fingerprint density at radius 2 is 1.62 bits per heavy atom. The number of nitrogens with zero attached hydrogens (tertiary/aromatic N) is 1. The van der Waals surface area contributed by atoms with Crippen molar-refractivity contribution in [1.82, 2.24) is 10.7 Å². The average Bonchev–Trinajstić information content (AvgIpc) is 3.09. The first kappa shape index (κ1) is 21.5. The third kappa shape index (κ3) is 4.62. The van der Waals surface area contributed by atoms with Gasteiger partial charge in [0, 0.05) is 16.7 Å². The lowest BCUT2D eigenvalue weighted by molar-refractivity contribution is -0.596. The number of amides is 2. The second kappa shape index (κ2) is 9.18. The number of nitrogens with one attached hydrogen (secondary N) is 2. The minimum Gasteiger partial charge on any atom is -0.334 e. The second-order valence-corrected chi connectivity index (χ2v) is 8.51. The minimum atomic E-state index is -0.725. The molecule has 2 N–H and O–H groups in total. The largest absolute Gasteiger partial charge is 0.334 e. The molecule has 0 aliphatic carbocycles. The zero-order chi connectivity index (χ0) is 22.7. The van der Waals surface area contributed by atoms with Crippen LogP contribution in [0.4, 0.5) is 0 Å². The number of hydrazine groups is 1. The molecule has 1 fully saturated rings. The molecule has 0 bridgehead atoms. The Morgan fingerprint density at radius 1 is 0.969 bits per heavy atom. The standard InChI is InChI=1S/C27H27N3O2/c1-18(2)21-15-11-20(12-16-21)17-30-25(22-13-9-19(3)10-14-22)24(27(32)29-30)28-26(31)23-7-5-4-6-8-23/h4-18,24-25H,1-3H3,(H-,28,29,31,32)/p+1/b30-17-/t24-,25-/m0/s1. The van der Waals surface area contributed by atoms with E-state index in [-0.39, 0.29) is 17.9 Å². The molecule has 0 saturated carbocycles. The topological polar surface area (TPSA) is 61.2 Å². The van der Waals surface area contributed by atoms with Crippen LogP contribution < -0.4 is 10.7 Å². The molecule has 5 nitrogen and oxygen atoms in total. The van der Waals surface area contributed by atoms with E-state index in [2.05, 4.69) is 36.7 Å². The van der Waals surface area contributed by atoms with E-state index in [4.69, 9.17) is 0 Å². The summed E-state index contributed by atoms with van der Waals surface area (Å²) >= 11 is 0. The van der Waals surface area contributed by atoms with E-state index >= 15 is 0 Å². The molecule has 2 amide bonds. The van der Waals surface area contributed by atoms with Crippen LogP contribution in [0.5, 0.6) is 0 Å². The third-order valence-corrected chi connectivity index (χ3v) is 5.77. The highest BCUT2D eigenvalue weighted by Crippen LogP contribution is 2.26. The molecule has 0 radical (unpaired) electrons. The van der Waals surface area contributed by atoms with Crippen molar-refractivity contribution < 1.29 is 14.3 Å². The van der Waals surface area contributed by atoms with Gasteiger partial charge in [-0.3, -0.25) is 9.59 Å². The molecule has 3 aromatic rings. The summed E-state index contributed by atoms with van der Waals surface area (Å²) in [6.45, 7) is 6.34. The minimum absolute atomic E-state index is 0.241. The molecule has 0 unspecified atom stereocenters. The lowest BCUT2D eigenvalue weighted by Gasteiger charge is -2.15. The van der Waals surface area contributed by atoms with Crippen molar-refractivity contribution in [2.45, 2.75) is 38.8 Å². The SMILES string of the molecule is Cc1ccc([C@H]2[C@H](NC(=O)c3ccccc3)C(=O)N/[N+]2=C\c2ccc(C(C)C)cc2)cc1. The monoisotopic (exact) mass is 426 g/mol. The van der Waals surface area contributed by atoms with Gasteiger partial charge < -0.3 is 5.32 Å². The molecule has 1 saturated heterocycles. The Balaban J connectivity index is 1.69. The molecule has 4 rings (SSSR count). The molecule has 5 heteroatoms. The number of benzene rings is 3. The zero-order valence-corrected chi connectivity index (χ0v) is 18.6. The van der Waals surface area contributed by atoms with Crippen molar-refractivity contribution in [2.24, 2.45) is 0 Å². The smallest absolute Gasteiger partial charge is 0.304 e. The lowest BCUT2D eigenvalue weighted by Crippen LogP contribution is -2.42. The van der Waals surface area contributed by atoms with Gasteiger partial charge in [0.2, 0.25) is 12.3 Å². The molecule has 1 heterocycles. The molecule has 3 aromatic carbocycles. The van der Waals surface area contributed by atoms with Crippen LogP contribution in [-0.2, 0) is 4.79 Å². The van der Waals surface area contributed by atoms with Gasteiger partial charge in [-0.25, -0.2) is 0 Å². The van der Waals surface area contributed by atoms with Gasteiger partial charge in [-0.15, -0.1) is 10.1 Å². The fourth-order valence-corrected chi connectivity index (χ4v) is 3.89. The van der Waals surface area contributed by atoms with E-state index in [0.29, 0.717) is 11.5 Å². The number of aryl methyl sites for hydroxylation is 1. The third-order valence-electron chi connectivity index (χ3n) is 5.77. The van der Waals surface area contributed by atoms with Crippen LogP contribution in [0.3, 0.4) is 0 Å². The van der Waals surface area contributed by atoms with Crippen molar-refractivity contribution in [3.63, 3.8) is 0 Å². The maximum atomic E-state index is 12.9. The van der Waals surface area contributed by atoms with Gasteiger partial charge >= 0.3 is 5.91 Å². The molecule has 1 aliphatic heterocycles. The van der Waals surface area contributed by atoms with Gasteiger partial charge in [0.25, 0.3) is 5.91 Å². The summed E-state index contributed by atoms with van der Waals surface area (Å²) in [4.78, 5) is 25.8. The Kier molecular flexibility index (Phi) is 6.17.